The third-order valence-electron chi connectivity index (χ3n) is 4.74. The second-order valence-electron chi connectivity index (χ2n) is 6.22. The summed E-state index contributed by atoms with van der Waals surface area (Å²) < 4.78 is 17.7. The Labute approximate surface area is 116 Å². The standard InChI is InChI=1S/C15H27NO3/c1-3-13(17-9-1)4-2-10-18-14-11-15(19-12-14)5-7-16-8-6-15/h13-14,16H,1-12H2. The van der Waals surface area contributed by atoms with Gasteiger partial charge in [0.2, 0.25) is 0 Å². The van der Waals surface area contributed by atoms with Gasteiger partial charge in [-0.3, -0.25) is 0 Å². The summed E-state index contributed by atoms with van der Waals surface area (Å²) >= 11 is 0. The van der Waals surface area contributed by atoms with Gasteiger partial charge in [0.1, 0.15) is 0 Å². The maximum absolute atomic E-state index is 6.03. The minimum Gasteiger partial charge on any atom is -0.378 e. The third-order valence-corrected chi connectivity index (χ3v) is 4.74. The molecule has 3 aliphatic rings. The molecule has 0 bridgehead atoms. The number of ether oxygens (including phenoxy) is 3. The fourth-order valence-corrected chi connectivity index (χ4v) is 3.57. The third kappa shape index (κ3) is 3.69. The molecule has 3 aliphatic heterocycles. The quantitative estimate of drug-likeness (QED) is 0.774. The number of rotatable bonds is 5. The van der Waals surface area contributed by atoms with E-state index in [-0.39, 0.29) is 5.60 Å². The zero-order chi connectivity index (χ0) is 13.0. The average Bonchev–Trinajstić information content (AvgIpc) is 3.07. The minimum atomic E-state index is 0.129. The first-order valence-corrected chi connectivity index (χ1v) is 7.94. The number of hydrogen-bond donors (Lipinski definition) is 1. The Kier molecular flexibility index (Phi) is 4.74. The van der Waals surface area contributed by atoms with Crippen molar-refractivity contribution in [2.75, 3.05) is 32.9 Å². The second kappa shape index (κ2) is 6.53. The molecule has 0 aromatic carbocycles. The normalized spacial score (nSPS) is 34.1. The summed E-state index contributed by atoms with van der Waals surface area (Å²) in [5.74, 6) is 0. The van der Waals surface area contributed by atoms with Gasteiger partial charge in [-0.15, -0.1) is 0 Å². The Morgan fingerprint density at radius 1 is 1.26 bits per heavy atom. The molecule has 1 spiro atoms. The monoisotopic (exact) mass is 269 g/mol. The van der Waals surface area contributed by atoms with Gasteiger partial charge in [-0.2, -0.15) is 0 Å². The van der Waals surface area contributed by atoms with Crippen LogP contribution in [-0.4, -0.2) is 50.7 Å². The van der Waals surface area contributed by atoms with Crippen molar-refractivity contribution in [1.29, 1.82) is 0 Å². The van der Waals surface area contributed by atoms with Crippen LogP contribution in [0.25, 0.3) is 0 Å². The van der Waals surface area contributed by atoms with Crippen LogP contribution in [0, 0.1) is 0 Å². The molecule has 2 unspecified atom stereocenters. The van der Waals surface area contributed by atoms with Crippen LogP contribution in [0.5, 0.6) is 0 Å². The van der Waals surface area contributed by atoms with Crippen molar-refractivity contribution in [1.82, 2.24) is 5.32 Å². The lowest BCUT2D eigenvalue weighted by atomic mass is 9.89. The molecule has 0 saturated carbocycles. The Hall–Kier alpha value is -0.160. The molecular weight excluding hydrogens is 242 g/mol. The summed E-state index contributed by atoms with van der Waals surface area (Å²) in [4.78, 5) is 0. The Bertz CT molecular complexity index is 273. The van der Waals surface area contributed by atoms with E-state index >= 15 is 0 Å². The molecular formula is C15H27NO3. The molecule has 0 aromatic heterocycles. The lowest BCUT2D eigenvalue weighted by Crippen LogP contribution is -2.41. The SMILES string of the molecule is C1COC(CCCOC2COC3(CCNCC3)C2)C1. The minimum absolute atomic E-state index is 0.129. The molecule has 0 amide bonds. The molecule has 0 radical (unpaired) electrons. The van der Waals surface area contributed by atoms with E-state index in [1.165, 1.54) is 12.8 Å². The predicted molar refractivity (Wildman–Crippen MR) is 73.4 cm³/mol. The van der Waals surface area contributed by atoms with Gasteiger partial charge >= 0.3 is 0 Å². The molecule has 19 heavy (non-hydrogen) atoms. The zero-order valence-corrected chi connectivity index (χ0v) is 11.9. The number of hydrogen-bond acceptors (Lipinski definition) is 4. The number of nitrogens with one attached hydrogen (secondary N) is 1. The van der Waals surface area contributed by atoms with E-state index in [2.05, 4.69) is 5.32 Å². The topological polar surface area (TPSA) is 39.7 Å². The number of piperidine rings is 1. The van der Waals surface area contributed by atoms with Crippen LogP contribution in [0.1, 0.15) is 44.9 Å². The van der Waals surface area contributed by atoms with E-state index in [1.807, 2.05) is 0 Å². The van der Waals surface area contributed by atoms with Crippen LogP contribution >= 0.6 is 0 Å². The van der Waals surface area contributed by atoms with Crippen LogP contribution < -0.4 is 5.32 Å². The van der Waals surface area contributed by atoms with Gasteiger partial charge in [0.05, 0.1) is 24.4 Å². The Morgan fingerprint density at radius 2 is 2.16 bits per heavy atom. The van der Waals surface area contributed by atoms with Crippen molar-refractivity contribution < 1.29 is 14.2 Å². The molecule has 2 atom stereocenters. The van der Waals surface area contributed by atoms with E-state index in [4.69, 9.17) is 14.2 Å². The summed E-state index contributed by atoms with van der Waals surface area (Å²) in [6.07, 6.45) is 8.95. The maximum atomic E-state index is 6.03. The predicted octanol–water partition coefficient (Wildman–Crippen LogP) is 1.87. The first-order valence-electron chi connectivity index (χ1n) is 7.94. The second-order valence-corrected chi connectivity index (χ2v) is 6.22. The van der Waals surface area contributed by atoms with Crippen LogP contribution in [0.4, 0.5) is 0 Å². The highest BCUT2D eigenvalue weighted by molar-refractivity contribution is 4.93. The highest BCUT2D eigenvalue weighted by atomic mass is 16.6. The molecule has 3 saturated heterocycles. The summed E-state index contributed by atoms with van der Waals surface area (Å²) in [5.41, 5.74) is 0.129. The van der Waals surface area contributed by atoms with Crippen molar-refractivity contribution in [3.8, 4) is 0 Å². The lowest BCUT2D eigenvalue weighted by molar-refractivity contribution is -0.0236. The smallest absolute Gasteiger partial charge is 0.0836 e. The molecule has 0 aliphatic carbocycles. The molecule has 3 rings (SSSR count). The van der Waals surface area contributed by atoms with Crippen molar-refractivity contribution in [3.05, 3.63) is 0 Å². The highest BCUT2D eigenvalue weighted by Gasteiger charge is 2.41. The lowest BCUT2D eigenvalue weighted by Gasteiger charge is -2.32. The van der Waals surface area contributed by atoms with E-state index in [0.29, 0.717) is 12.2 Å². The van der Waals surface area contributed by atoms with Gasteiger partial charge in [0.15, 0.2) is 0 Å². The van der Waals surface area contributed by atoms with Crippen molar-refractivity contribution in [2.24, 2.45) is 0 Å². The van der Waals surface area contributed by atoms with E-state index in [9.17, 15) is 0 Å². The van der Waals surface area contributed by atoms with Crippen LogP contribution in [0.15, 0.2) is 0 Å². The van der Waals surface area contributed by atoms with Gasteiger partial charge < -0.3 is 19.5 Å². The highest BCUT2D eigenvalue weighted by Crippen LogP contribution is 2.35. The van der Waals surface area contributed by atoms with Gasteiger partial charge in [0, 0.05) is 19.6 Å². The van der Waals surface area contributed by atoms with Crippen molar-refractivity contribution in [2.45, 2.75) is 62.8 Å². The van der Waals surface area contributed by atoms with Gasteiger partial charge in [0.25, 0.3) is 0 Å². The fraction of sp³-hybridized carbons (Fsp3) is 1.00. The average molecular weight is 269 g/mol. The molecule has 4 nitrogen and oxygen atoms in total. The first kappa shape index (κ1) is 13.8. The maximum Gasteiger partial charge on any atom is 0.0836 e. The van der Waals surface area contributed by atoms with Gasteiger partial charge in [-0.05, 0) is 51.6 Å². The van der Waals surface area contributed by atoms with Gasteiger partial charge in [-0.1, -0.05) is 0 Å². The summed E-state index contributed by atoms with van der Waals surface area (Å²) in [5, 5.41) is 3.40. The van der Waals surface area contributed by atoms with Gasteiger partial charge in [-0.25, -0.2) is 0 Å². The van der Waals surface area contributed by atoms with Crippen LogP contribution in [0.3, 0.4) is 0 Å². The summed E-state index contributed by atoms with van der Waals surface area (Å²) in [6, 6.07) is 0. The molecule has 3 fully saturated rings. The molecule has 110 valence electrons. The van der Waals surface area contributed by atoms with E-state index < -0.39 is 0 Å². The van der Waals surface area contributed by atoms with Crippen molar-refractivity contribution >= 4 is 0 Å². The molecule has 4 heteroatoms. The summed E-state index contributed by atoms with van der Waals surface area (Å²) in [7, 11) is 0. The van der Waals surface area contributed by atoms with E-state index in [0.717, 1.165) is 65.0 Å². The molecule has 3 heterocycles. The first-order chi connectivity index (χ1) is 9.36. The van der Waals surface area contributed by atoms with Crippen molar-refractivity contribution in [3.63, 3.8) is 0 Å². The fourth-order valence-electron chi connectivity index (χ4n) is 3.57. The zero-order valence-electron chi connectivity index (χ0n) is 11.9. The summed E-state index contributed by atoms with van der Waals surface area (Å²) in [6.45, 7) is 4.79. The Morgan fingerprint density at radius 3 is 2.95 bits per heavy atom. The van der Waals surface area contributed by atoms with Crippen LogP contribution in [0.2, 0.25) is 0 Å². The van der Waals surface area contributed by atoms with E-state index in [1.54, 1.807) is 0 Å². The molecule has 0 aromatic rings. The van der Waals surface area contributed by atoms with Crippen LogP contribution in [-0.2, 0) is 14.2 Å². The molecule has 1 N–H and O–H groups in total. The Balaban J connectivity index is 1.31. The largest absolute Gasteiger partial charge is 0.378 e.